The van der Waals surface area contributed by atoms with Crippen LogP contribution in [-0.2, 0) is 6.54 Å². The van der Waals surface area contributed by atoms with Crippen LogP contribution in [0.25, 0.3) is 0 Å². The molecule has 0 spiro atoms. The Kier molecular flexibility index (Phi) is 6.04. The van der Waals surface area contributed by atoms with Gasteiger partial charge in [-0.25, -0.2) is 4.39 Å². The molecule has 1 aromatic rings. The Labute approximate surface area is 97.5 Å². The molecular weight excluding hydrogens is 203 g/mol. The Bertz CT molecular complexity index is 302. The number of likely N-dealkylation sites (N-methyl/N-ethyl adjacent to an activating group) is 1. The van der Waals surface area contributed by atoms with Crippen LogP contribution in [0, 0.1) is 5.82 Å². The summed E-state index contributed by atoms with van der Waals surface area (Å²) in [6.07, 6.45) is 1.10. The molecule has 0 aliphatic heterocycles. The third-order valence-electron chi connectivity index (χ3n) is 2.57. The maximum absolute atomic E-state index is 13.5. The molecule has 1 rings (SSSR count). The van der Waals surface area contributed by atoms with Gasteiger partial charge in [-0.15, -0.1) is 0 Å². The standard InChI is InChI=1S/C13H21FN2/c1-3-9-16(10-8-15-2)11-12-6-4-5-7-13(12)14/h4-7,15H,3,8-11H2,1-2H3. The van der Waals surface area contributed by atoms with Crippen LogP contribution in [0.1, 0.15) is 18.9 Å². The van der Waals surface area contributed by atoms with E-state index < -0.39 is 0 Å². The lowest BCUT2D eigenvalue weighted by atomic mass is 10.2. The highest BCUT2D eigenvalue weighted by molar-refractivity contribution is 5.17. The molecule has 0 aliphatic rings. The summed E-state index contributed by atoms with van der Waals surface area (Å²) in [5.41, 5.74) is 0.784. The molecule has 0 aliphatic carbocycles. The van der Waals surface area contributed by atoms with Gasteiger partial charge in [0.15, 0.2) is 0 Å². The van der Waals surface area contributed by atoms with Crippen molar-refractivity contribution < 1.29 is 4.39 Å². The molecule has 2 nitrogen and oxygen atoms in total. The molecule has 1 N–H and O–H groups in total. The quantitative estimate of drug-likeness (QED) is 0.764. The monoisotopic (exact) mass is 224 g/mol. The molecule has 1 aromatic carbocycles. The highest BCUT2D eigenvalue weighted by Crippen LogP contribution is 2.09. The molecule has 0 fully saturated rings. The lowest BCUT2D eigenvalue weighted by Crippen LogP contribution is -2.31. The molecule has 0 amide bonds. The first-order valence-electron chi connectivity index (χ1n) is 5.88. The zero-order valence-corrected chi connectivity index (χ0v) is 10.2. The molecule has 0 saturated carbocycles. The molecule has 0 bridgehead atoms. The Morgan fingerprint density at radius 2 is 2.00 bits per heavy atom. The van der Waals surface area contributed by atoms with Gasteiger partial charge in [-0.2, -0.15) is 0 Å². The van der Waals surface area contributed by atoms with Crippen molar-refractivity contribution in [3.8, 4) is 0 Å². The fraction of sp³-hybridized carbons (Fsp3) is 0.538. The molecule has 0 heterocycles. The van der Waals surface area contributed by atoms with Gasteiger partial charge in [0.05, 0.1) is 0 Å². The SMILES string of the molecule is CCCN(CCNC)Cc1ccccc1F. The van der Waals surface area contributed by atoms with Gasteiger partial charge in [0, 0.05) is 25.2 Å². The van der Waals surface area contributed by atoms with E-state index in [0.717, 1.165) is 31.6 Å². The minimum atomic E-state index is -0.104. The molecule has 0 atom stereocenters. The van der Waals surface area contributed by atoms with E-state index in [9.17, 15) is 4.39 Å². The highest BCUT2D eigenvalue weighted by Gasteiger charge is 2.07. The van der Waals surface area contributed by atoms with Gasteiger partial charge < -0.3 is 5.32 Å². The van der Waals surface area contributed by atoms with E-state index in [0.29, 0.717) is 6.54 Å². The Morgan fingerprint density at radius 1 is 1.25 bits per heavy atom. The summed E-state index contributed by atoms with van der Waals surface area (Å²) >= 11 is 0. The van der Waals surface area contributed by atoms with E-state index in [2.05, 4.69) is 17.1 Å². The van der Waals surface area contributed by atoms with Crippen LogP contribution in [0.3, 0.4) is 0 Å². The largest absolute Gasteiger partial charge is 0.318 e. The van der Waals surface area contributed by atoms with Crippen molar-refractivity contribution in [3.63, 3.8) is 0 Å². The average molecular weight is 224 g/mol. The summed E-state index contributed by atoms with van der Waals surface area (Å²) in [7, 11) is 1.94. The van der Waals surface area contributed by atoms with Crippen LogP contribution in [0.15, 0.2) is 24.3 Å². The summed E-state index contributed by atoms with van der Waals surface area (Å²) in [5, 5.41) is 3.12. The van der Waals surface area contributed by atoms with Gasteiger partial charge >= 0.3 is 0 Å². The number of benzene rings is 1. The summed E-state index contributed by atoms with van der Waals surface area (Å²) in [4.78, 5) is 2.27. The zero-order valence-electron chi connectivity index (χ0n) is 10.2. The van der Waals surface area contributed by atoms with Crippen molar-refractivity contribution in [3.05, 3.63) is 35.6 Å². The lowest BCUT2D eigenvalue weighted by Gasteiger charge is -2.21. The second kappa shape index (κ2) is 7.36. The lowest BCUT2D eigenvalue weighted by molar-refractivity contribution is 0.264. The van der Waals surface area contributed by atoms with Crippen molar-refractivity contribution in [1.29, 1.82) is 0 Å². The predicted octanol–water partition coefficient (Wildman–Crippen LogP) is 2.26. The van der Waals surface area contributed by atoms with Crippen LogP contribution in [-0.4, -0.2) is 31.6 Å². The Hall–Kier alpha value is -0.930. The van der Waals surface area contributed by atoms with Crippen LogP contribution in [0.4, 0.5) is 4.39 Å². The number of hydrogen-bond acceptors (Lipinski definition) is 2. The highest BCUT2D eigenvalue weighted by atomic mass is 19.1. The van der Waals surface area contributed by atoms with Crippen LogP contribution >= 0.6 is 0 Å². The minimum absolute atomic E-state index is 0.104. The number of rotatable bonds is 7. The third-order valence-corrected chi connectivity index (χ3v) is 2.57. The summed E-state index contributed by atoms with van der Waals surface area (Å²) in [5.74, 6) is -0.104. The van der Waals surface area contributed by atoms with E-state index >= 15 is 0 Å². The van der Waals surface area contributed by atoms with Gasteiger partial charge in [0.25, 0.3) is 0 Å². The maximum atomic E-state index is 13.5. The van der Waals surface area contributed by atoms with E-state index in [-0.39, 0.29) is 5.82 Å². The molecule has 0 saturated heterocycles. The summed E-state index contributed by atoms with van der Waals surface area (Å²) < 4.78 is 13.5. The van der Waals surface area contributed by atoms with Crippen molar-refractivity contribution in [2.75, 3.05) is 26.7 Å². The van der Waals surface area contributed by atoms with Crippen LogP contribution in [0.5, 0.6) is 0 Å². The van der Waals surface area contributed by atoms with Crippen LogP contribution < -0.4 is 5.32 Å². The number of halogens is 1. The van der Waals surface area contributed by atoms with E-state index in [1.165, 1.54) is 6.07 Å². The number of nitrogens with zero attached hydrogens (tertiary/aromatic N) is 1. The average Bonchev–Trinajstić information content (AvgIpc) is 2.29. The van der Waals surface area contributed by atoms with Gasteiger partial charge in [0.1, 0.15) is 5.82 Å². The smallest absolute Gasteiger partial charge is 0.127 e. The molecule has 16 heavy (non-hydrogen) atoms. The fourth-order valence-electron chi connectivity index (χ4n) is 1.72. The molecule has 0 radical (unpaired) electrons. The van der Waals surface area contributed by atoms with E-state index in [4.69, 9.17) is 0 Å². The second-order valence-electron chi connectivity index (χ2n) is 3.97. The predicted molar refractivity (Wildman–Crippen MR) is 65.9 cm³/mol. The molecular formula is C13H21FN2. The zero-order chi connectivity index (χ0) is 11.8. The topological polar surface area (TPSA) is 15.3 Å². The fourth-order valence-corrected chi connectivity index (χ4v) is 1.72. The van der Waals surface area contributed by atoms with Crippen molar-refractivity contribution in [2.45, 2.75) is 19.9 Å². The van der Waals surface area contributed by atoms with E-state index in [1.807, 2.05) is 19.2 Å². The third kappa shape index (κ3) is 4.29. The molecule has 3 heteroatoms. The first-order valence-corrected chi connectivity index (χ1v) is 5.88. The Balaban J connectivity index is 2.56. The van der Waals surface area contributed by atoms with Crippen molar-refractivity contribution in [2.24, 2.45) is 0 Å². The Morgan fingerprint density at radius 3 is 2.62 bits per heavy atom. The first kappa shape index (κ1) is 13.1. The minimum Gasteiger partial charge on any atom is -0.318 e. The number of nitrogens with one attached hydrogen (secondary N) is 1. The maximum Gasteiger partial charge on any atom is 0.127 e. The van der Waals surface area contributed by atoms with Gasteiger partial charge in [-0.1, -0.05) is 25.1 Å². The summed E-state index contributed by atoms with van der Waals surface area (Å²) in [6, 6.07) is 7.01. The van der Waals surface area contributed by atoms with Gasteiger partial charge in [0.2, 0.25) is 0 Å². The van der Waals surface area contributed by atoms with E-state index in [1.54, 1.807) is 6.07 Å². The van der Waals surface area contributed by atoms with Crippen molar-refractivity contribution >= 4 is 0 Å². The van der Waals surface area contributed by atoms with Gasteiger partial charge in [-0.3, -0.25) is 4.90 Å². The second-order valence-corrected chi connectivity index (χ2v) is 3.97. The molecule has 0 unspecified atom stereocenters. The summed E-state index contributed by atoms with van der Waals surface area (Å²) in [6.45, 7) is 5.75. The molecule has 0 aromatic heterocycles. The first-order chi connectivity index (χ1) is 7.77. The number of hydrogen-bond donors (Lipinski definition) is 1. The molecule has 90 valence electrons. The normalized spacial score (nSPS) is 11.0. The van der Waals surface area contributed by atoms with Crippen LogP contribution in [0.2, 0.25) is 0 Å². The van der Waals surface area contributed by atoms with Crippen molar-refractivity contribution in [1.82, 2.24) is 10.2 Å². The van der Waals surface area contributed by atoms with Gasteiger partial charge in [-0.05, 0) is 26.1 Å².